The van der Waals surface area contributed by atoms with Crippen molar-refractivity contribution in [1.29, 1.82) is 0 Å². The first-order valence-electron chi connectivity index (χ1n) is 4.76. The minimum absolute atomic E-state index is 0.230. The third-order valence-corrected chi connectivity index (χ3v) is 2.90. The van der Waals surface area contributed by atoms with E-state index < -0.39 is 0 Å². The molecule has 16 heavy (non-hydrogen) atoms. The minimum atomic E-state index is 0.230. The van der Waals surface area contributed by atoms with Gasteiger partial charge in [0.05, 0.1) is 0 Å². The van der Waals surface area contributed by atoms with Crippen molar-refractivity contribution >= 4 is 11.9 Å². The molecule has 0 spiro atoms. The highest BCUT2D eigenvalue weighted by Crippen LogP contribution is 2.34. The molecule has 0 aliphatic carbocycles. The molecule has 0 atom stereocenters. The first-order valence-corrected chi connectivity index (χ1v) is 5.58. The van der Waals surface area contributed by atoms with E-state index in [4.69, 9.17) is 5.21 Å². The number of para-hydroxylation sites is 1. The summed E-state index contributed by atoms with van der Waals surface area (Å²) in [5, 5.41) is 18.5. The van der Waals surface area contributed by atoms with Gasteiger partial charge in [-0.15, -0.1) is 4.89 Å². The van der Waals surface area contributed by atoms with Crippen LogP contribution in [-0.4, -0.2) is 10.3 Å². The first-order chi connectivity index (χ1) is 7.83. The monoisotopic (exact) mass is 233 g/mol. The van der Waals surface area contributed by atoms with Crippen molar-refractivity contribution in [2.24, 2.45) is 0 Å². The van der Waals surface area contributed by atoms with Crippen molar-refractivity contribution < 1.29 is 10.3 Å². The van der Waals surface area contributed by atoms with Crippen LogP contribution in [-0.2, 0) is 0 Å². The number of nitrogens with one attached hydrogen (secondary N) is 1. The Labute approximate surface area is 97.8 Å². The van der Waals surface area contributed by atoms with Crippen molar-refractivity contribution in [2.45, 2.75) is 4.90 Å². The Morgan fingerprint density at radius 2 is 1.50 bits per heavy atom. The highest BCUT2D eigenvalue weighted by atomic mass is 32.2. The lowest BCUT2D eigenvalue weighted by Gasteiger charge is -2.09. The predicted molar refractivity (Wildman–Crippen MR) is 64.3 cm³/mol. The number of rotatable bonds is 3. The number of aromatic hydroxyl groups is 1. The van der Waals surface area contributed by atoms with Gasteiger partial charge in [-0.05, 0) is 24.1 Å². The normalized spacial score (nSPS) is 10.3. The third-order valence-electron chi connectivity index (χ3n) is 2.24. The number of phenolic OH excluding ortho intramolecular Hbond substituents is 1. The summed E-state index contributed by atoms with van der Waals surface area (Å²) in [4.78, 5) is 2.90. The van der Waals surface area contributed by atoms with Crippen LogP contribution in [0.4, 0.5) is 0 Å². The van der Waals surface area contributed by atoms with E-state index >= 15 is 0 Å². The molecule has 2 aromatic carbocycles. The summed E-state index contributed by atoms with van der Waals surface area (Å²) in [6.07, 6.45) is 0. The Balaban J connectivity index is 2.51. The molecular weight excluding hydrogens is 222 g/mol. The van der Waals surface area contributed by atoms with Gasteiger partial charge < -0.3 is 10.3 Å². The molecule has 0 bridgehead atoms. The molecular formula is C12H11NO2S. The third kappa shape index (κ3) is 2.19. The Hall–Kier alpha value is -1.49. The van der Waals surface area contributed by atoms with Gasteiger partial charge in [-0.3, -0.25) is 0 Å². The molecule has 3 N–H and O–H groups in total. The standard InChI is InChI=1S/C12H11NO2S/c14-11-7-3-1-5-9(11)10-6-2-4-8-12(10)16-13-15/h1-8,13-15H. The maximum absolute atomic E-state index is 9.76. The van der Waals surface area contributed by atoms with Crippen LogP contribution in [0.15, 0.2) is 53.4 Å². The van der Waals surface area contributed by atoms with Crippen LogP contribution >= 0.6 is 11.9 Å². The van der Waals surface area contributed by atoms with Crippen LogP contribution in [0, 0.1) is 0 Å². The van der Waals surface area contributed by atoms with Crippen LogP contribution in [0.5, 0.6) is 5.75 Å². The second kappa shape index (κ2) is 5.03. The van der Waals surface area contributed by atoms with Gasteiger partial charge in [0.25, 0.3) is 0 Å². The second-order valence-corrected chi connectivity index (χ2v) is 4.03. The molecule has 0 amide bonds. The fourth-order valence-corrected chi connectivity index (χ4v) is 2.06. The van der Waals surface area contributed by atoms with E-state index in [0.29, 0.717) is 0 Å². The molecule has 0 saturated heterocycles. The summed E-state index contributed by atoms with van der Waals surface area (Å²) < 4.78 is 0. The van der Waals surface area contributed by atoms with Crippen LogP contribution in [0.1, 0.15) is 0 Å². The predicted octanol–water partition coefficient (Wildman–Crippen LogP) is 3.05. The SMILES string of the molecule is ONSc1ccccc1-c1ccccc1O. The lowest BCUT2D eigenvalue weighted by atomic mass is 10.0. The zero-order valence-electron chi connectivity index (χ0n) is 8.42. The molecule has 0 radical (unpaired) electrons. The van der Waals surface area contributed by atoms with Gasteiger partial charge in [-0.1, -0.05) is 36.4 Å². The largest absolute Gasteiger partial charge is 0.507 e. The van der Waals surface area contributed by atoms with Crippen molar-refractivity contribution in [3.05, 3.63) is 48.5 Å². The van der Waals surface area contributed by atoms with Crippen molar-refractivity contribution in [3.63, 3.8) is 0 Å². The number of phenols is 1. The molecule has 0 heterocycles. The molecule has 0 aromatic heterocycles. The van der Waals surface area contributed by atoms with E-state index in [9.17, 15) is 5.11 Å². The zero-order valence-corrected chi connectivity index (χ0v) is 9.24. The summed E-state index contributed by atoms with van der Waals surface area (Å²) in [5.74, 6) is 0.230. The maximum atomic E-state index is 9.76. The van der Waals surface area contributed by atoms with Gasteiger partial charge in [-0.2, -0.15) is 0 Å². The lowest BCUT2D eigenvalue weighted by molar-refractivity contribution is 0.258. The van der Waals surface area contributed by atoms with Crippen LogP contribution in [0.3, 0.4) is 0 Å². The van der Waals surface area contributed by atoms with E-state index in [2.05, 4.69) is 0 Å². The summed E-state index contributed by atoms with van der Waals surface area (Å²) >= 11 is 1.10. The summed E-state index contributed by atoms with van der Waals surface area (Å²) in [7, 11) is 0. The Kier molecular flexibility index (Phi) is 3.46. The summed E-state index contributed by atoms with van der Waals surface area (Å²) in [6, 6.07) is 14.7. The number of hydrogen-bond acceptors (Lipinski definition) is 4. The van der Waals surface area contributed by atoms with Gasteiger partial charge in [0.2, 0.25) is 0 Å². The Bertz CT molecular complexity index is 488. The van der Waals surface area contributed by atoms with E-state index in [0.717, 1.165) is 28.0 Å². The summed E-state index contributed by atoms with van der Waals surface area (Å²) in [5.41, 5.74) is 1.63. The van der Waals surface area contributed by atoms with Gasteiger partial charge in [0.1, 0.15) is 5.75 Å². The van der Waals surface area contributed by atoms with Crippen molar-refractivity contribution in [2.75, 3.05) is 0 Å². The Morgan fingerprint density at radius 1 is 0.875 bits per heavy atom. The molecule has 2 aromatic rings. The molecule has 0 aliphatic heterocycles. The van der Waals surface area contributed by atoms with E-state index in [1.54, 1.807) is 12.1 Å². The molecule has 3 nitrogen and oxygen atoms in total. The average molecular weight is 233 g/mol. The van der Waals surface area contributed by atoms with Crippen LogP contribution in [0.2, 0.25) is 0 Å². The average Bonchev–Trinajstić information content (AvgIpc) is 2.31. The Morgan fingerprint density at radius 3 is 2.19 bits per heavy atom. The molecule has 82 valence electrons. The number of hydrogen-bond donors (Lipinski definition) is 3. The molecule has 0 fully saturated rings. The number of benzene rings is 2. The topological polar surface area (TPSA) is 52.5 Å². The smallest absolute Gasteiger partial charge is 0.123 e. The fourth-order valence-electron chi connectivity index (χ4n) is 1.53. The van der Waals surface area contributed by atoms with Crippen molar-refractivity contribution in [3.8, 4) is 16.9 Å². The van der Waals surface area contributed by atoms with Gasteiger partial charge in [0.15, 0.2) is 0 Å². The zero-order chi connectivity index (χ0) is 11.4. The van der Waals surface area contributed by atoms with Crippen LogP contribution in [0.25, 0.3) is 11.1 Å². The molecule has 0 aliphatic rings. The first kappa shape index (κ1) is 11.0. The van der Waals surface area contributed by atoms with Gasteiger partial charge in [-0.25, -0.2) is 0 Å². The fraction of sp³-hybridized carbons (Fsp3) is 0. The highest BCUT2D eigenvalue weighted by molar-refractivity contribution is 7.97. The van der Waals surface area contributed by atoms with Crippen molar-refractivity contribution in [1.82, 2.24) is 4.89 Å². The van der Waals surface area contributed by atoms with E-state index in [-0.39, 0.29) is 5.75 Å². The summed E-state index contributed by atoms with van der Waals surface area (Å²) in [6.45, 7) is 0. The van der Waals surface area contributed by atoms with E-state index in [1.807, 2.05) is 41.3 Å². The second-order valence-electron chi connectivity index (χ2n) is 3.21. The van der Waals surface area contributed by atoms with E-state index in [1.165, 1.54) is 0 Å². The molecule has 0 unspecified atom stereocenters. The highest BCUT2D eigenvalue weighted by Gasteiger charge is 2.08. The molecule has 2 rings (SSSR count). The quantitative estimate of drug-likeness (QED) is 0.563. The van der Waals surface area contributed by atoms with Crippen LogP contribution < -0.4 is 4.89 Å². The van der Waals surface area contributed by atoms with Gasteiger partial charge >= 0.3 is 0 Å². The minimum Gasteiger partial charge on any atom is -0.507 e. The lowest BCUT2D eigenvalue weighted by Crippen LogP contribution is -1.93. The molecule has 0 saturated carbocycles. The van der Waals surface area contributed by atoms with Gasteiger partial charge in [0, 0.05) is 16.0 Å². The maximum Gasteiger partial charge on any atom is 0.123 e. The molecule has 4 heteroatoms.